The molecular formula is C6H14N2O2. The van der Waals surface area contributed by atoms with Gasteiger partial charge < -0.3 is 21.4 Å². The molecule has 60 valence electrons. The zero-order valence-electron chi connectivity index (χ0n) is 6.03. The average Bonchev–Trinajstić information content (AvgIpc) is 1.87. The van der Waals surface area contributed by atoms with Crippen LogP contribution in [0.5, 0.6) is 0 Å². The molecule has 4 nitrogen and oxygen atoms in total. The van der Waals surface area contributed by atoms with Gasteiger partial charge in [0.1, 0.15) is 6.29 Å². The molecule has 0 aliphatic rings. The second kappa shape index (κ2) is 4.38. The number of aliphatic hydroxyl groups excluding tert-OH is 1. The number of aliphatic hydroxyl groups is 1. The van der Waals surface area contributed by atoms with Crippen molar-refractivity contribution in [2.24, 2.45) is 11.5 Å². The number of rotatable bonds is 4. The monoisotopic (exact) mass is 146 g/mol. The summed E-state index contributed by atoms with van der Waals surface area (Å²) in [5.74, 6) is 0. The van der Waals surface area contributed by atoms with Gasteiger partial charge in [-0.05, 0) is 13.3 Å². The minimum Gasteiger partial charge on any atom is -0.392 e. The van der Waals surface area contributed by atoms with Crippen molar-refractivity contribution < 1.29 is 9.90 Å². The fourth-order valence-electron chi connectivity index (χ4n) is 0.567. The third kappa shape index (κ3) is 3.55. The van der Waals surface area contributed by atoms with Gasteiger partial charge in [-0.1, -0.05) is 0 Å². The van der Waals surface area contributed by atoms with E-state index in [-0.39, 0.29) is 0 Å². The van der Waals surface area contributed by atoms with E-state index in [1.165, 1.54) is 0 Å². The molecule has 0 radical (unpaired) electrons. The fourth-order valence-corrected chi connectivity index (χ4v) is 0.567. The smallest absolute Gasteiger partial charge is 0.136 e. The summed E-state index contributed by atoms with van der Waals surface area (Å²) in [5, 5.41) is 8.87. The molecule has 5 N–H and O–H groups in total. The van der Waals surface area contributed by atoms with Crippen molar-refractivity contribution in [1.82, 2.24) is 0 Å². The van der Waals surface area contributed by atoms with Gasteiger partial charge in [-0.3, -0.25) is 0 Å². The first-order chi connectivity index (χ1) is 4.57. The SMILES string of the molecule is C[C@@H](O)[C@@H](N)C[C@H](N)C=O. The van der Waals surface area contributed by atoms with Crippen molar-refractivity contribution in [3.8, 4) is 0 Å². The number of nitrogens with two attached hydrogens (primary N) is 2. The lowest BCUT2D eigenvalue weighted by Crippen LogP contribution is -2.39. The quantitative estimate of drug-likeness (QED) is 0.426. The maximum absolute atomic E-state index is 10.0. The highest BCUT2D eigenvalue weighted by atomic mass is 16.3. The van der Waals surface area contributed by atoms with E-state index >= 15 is 0 Å². The molecule has 0 aromatic heterocycles. The Morgan fingerprint density at radius 3 is 2.40 bits per heavy atom. The maximum atomic E-state index is 10.0. The highest BCUT2D eigenvalue weighted by Crippen LogP contribution is 1.96. The molecule has 0 fully saturated rings. The van der Waals surface area contributed by atoms with Crippen LogP contribution in [0.15, 0.2) is 0 Å². The molecule has 0 aromatic rings. The average molecular weight is 146 g/mol. The van der Waals surface area contributed by atoms with E-state index in [1.807, 2.05) is 0 Å². The third-order valence-electron chi connectivity index (χ3n) is 1.34. The van der Waals surface area contributed by atoms with Crippen LogP contribution < -0.4 is 11.5 Å². The van der Waals surface area contributed by atoms with Crippen LogP contribution in [0, 0.1) is 0 Å². The van der Waals surface area contributed by atoms with Crippen LogP contribution in [0.2, 0.25) is 0 Å². The Labute approximate surface area is 60.2 Å². The molecule has 0 bridgehead atoms. The van der Waals surface area contributed by atoms with Crippen molar-refractivity contribution in [1.29, 1.82) is 0 Å². The zero-order valence-corrected chi connectivity index (χ0v) is 6.03. The number of carbonyl (C=O) groups excluding carboxylic acids is 1. The van der Waals surface area contributed by atoms with Crippen LogP contribution >= 0.6 is 0 Å². The molecular weight excluding hydrogens is 132 g/mol. The number of hydrogen-bond acceptors (Lipinski definition) is 4. The molecule has 3 atom stereocenters. The van der Waals surface area contributed by atoms with Crippen molar-refractivity contribution in [2.45, 2.75) is 31.5 Å². The summed E-state index contributed by atoms with van der Waals surface area (Å²) in [5.41, 5.74) is 10.7. The molecule has 0 aliphatic carbocycles. The van der Waals surface area contributed by atoms with Gasteiger partial charge in [-0.2, -0.15) is 0 Å². The predicted octanol–water partition coefficient (Wildman–Crippen LogP) is -1.39. The molecule has 0 unspecified atom stereocenters. The van der Waals surface area contributed by atoms with Crippen LogP contribution in [0.1, 0.15) is 13.3 Å². The van der Waals surface area contributed by atoms with E-state index in [0.29, 0.717) is 12.7 Å². The maximum Gasteiger partial charge on any atom is 0.136 e. The minimum atomic E-state index is -0.606. The first-order valence-electron chi connectivity index (χ1n) is 3.22. The highest BCUT2D eigenvalue weighted by Gasteiger charge is 2.12. The summed E-state index contributed by atoms with van der Waals surface area (Å²) in [6.45, 7) is 1.57. The van der Waals surface area contributed by atoms with E-state index in [4.69, 9.17) is 16.6 Å². The first kappa shape index (κ1) is 9.55. The van der Waals surface area contributed by atoms with Gasteiger partial charge in [0.25, 0.3) is 0 Å². The second-order valence-electron chi connectivity index (χ2n) is 2.44. The van der Waals surface area contributed by atoms with Gasteiger partial charge >= 0.3 is 0 Å². The van der Waals surface area contributed by atoms with Gasteiger partial charge in [0.05, 0.1) is 12.1 Å². The lowest BCUT2D eigenvalue weighted by Gasteiger charge is -2.15. The Bertz CT molecular complexity index is 106. The van der Waals surface area contributed by atoms with Crippen LogP contribution in [0.4, 0.5) is 0 Å². The van der Waals surface area contributed by atoms with E-state index in [0.717, 1.165) is 0 Å². The normalized spacial score (nSPS) is 19.6. The Morgan fingerprint density at radius 1 is 1.60 bits per heavy atom. The van der Waals surface area contributed by atoms with Crippen molar-refractivity contribution >= 4 is 6.29 Å². The molecule has 0 heterocycles. The van der Waals surface area contributed by atoms with Gasteiger partial charge in [0, 0.05) is 6.04 Å². The Morgan fingerprint density at radius 2 is 2.10 bits per heavy atom. The summed E-state index contributed by atoms with van der Waals surface area (Å²) >= 11 is 0. The topological polar surface area (TPSA) is 89.3 Å². The molecule has 0 aromatic carbocycles. The fraction of sp³-hybridized carbons (Fsp3) is 0.833. The molecule has 0 rings (SSSR count). The Kier molecular flexibility index (Phi) is 4.18. The van der Waals surface area contributed by atoms with Crippen LogP contribution in [0.25, 0.3) is 0 Å². The summed E-state index contributed by atoms with van der Waals surface area (Å²) in [6.07, 6.45) is 0.356. The molecule has 0 aliphatic heterocycles. The summed E-state index contributed by atoms with van der Waals surface area (Å²) in [7, 11) is 0. The third-order valence-corrected chi connectivity index (χ3v) is 1.34. The largest absolute Gasteiger partial charge is 0.392 e. The number of aldehydes is 1. The van der Waals surface area contributed by atoms with Crippen LogP contribution in [0.3, 0.4) is 0 Å². The lowest BCUT2D eigenvalue weighted by molar-refractivity contribution is -0.109. The summed E-state index contributed by atoms with van der Waals surface area (Å²) in [4.78, 5) is 10.0. The van der Waals surface area contributed by atoms with Crippen molar-refractivity contribution in [2.75, 3.05) is 0 Å². The molecule has 0 saturated carbocycles. The zero-order chi connectivity index (χ0) is 8.15. The van der Waals surface area contributed by atoms with Crippen molar-refractivity contribution in [3.63, 3.8) is 0 Å². The summed E-state index contributed by atoms with van der Waals surface area (Å²) < 4.78 is 0. The van der Waals surface area contributed by atoms with E-state index in [9.17, 15) is 4.79 Å². The van der Waals surface area contributed by atoms with E-state index in [2.05, 4.69) is 0 Å². The van der Waals surface area contributed by atoms with Gasteiger partial charge in [0.2, 0.25) is 0 Å². The highest BCUT2D eigenvalue weighted by molar-refractivity contribution is 5.56. The van der Waals surface area contributed by atoms with Gasteiger partial charge in [-0.25, -0.2) is 0 Å². The number of carbonyl (C=O) groups is 1. The standard InChI is InChI=1S/C6H14N2O2/c1-4(10)6(8)2-5(7)3-9/h3-6,10H,2,7-8H2,1H3/t4-,5+,6+/m1/s1. The van der Waals surface area contributed by atoms with E-state index < -0.39 is 18.2 Å². The Balaban J connectivity index is 3.56. The molecule has 0 spiro atoms. The van der Waals surface area contributed by atoms with Gasteiger partial charge in [0.15, 0.2) is 0 Å². The molecule has 10 heavy (non-hydrogen) atoms. The Hall–Kier alpha value is -0.450. The second-order valence-corrected chi connectivity index (χ2v) is 2.44. The van der Waals surface area contributed by atoms with Crippen LogP contribution in [-0.4, -0.2) is 29.6 Å². The molecule has 4 heteroatoms. The predicted molar refractivity (Wildman–Crippen MR) is 38.3 cm³/mol. The first-order valence-corrected chi connectivity index (χ1v) is 3.22. The van der Waals surface area contributed by atoms with E-state index in [1.54, 1.807) is 6.92 Å². The van der Waals surface area contributed by atoms with Crippen molar-refractivity contribution in [3.05, 3.63) is 0 Å². The molecule has 0 saturated heterocycles. The summed E-state index contributed by atoms with van der Waals surface area (Å²) in [6, 6.07) is -0.954. The molecule has 0 amide bonds. The van der Waals surface area contributed by atoms with Gasteiger partial charge in [-0.15, -0.1) is 0 Å². The van der Waals surface area contributed by atoms with Crippen LogP contribution in [-0.2, 0) is 4.79 Å². The minimum absolute atomic E-state index is 0.334. The number of hydrogen-bond donors (Lipinski definition) is 3. The lowest BCUT2D eigenvalue weighted by atomic mass is 10.1.